The van der Waals surface area contributed by atoms with Gasteiger partial charge in [-0.3, -0.25) is 0 Å². The third kappa shape index (κ3) is 3.80. The summed E-state index contributed by atoms with van der Waals surface area (Å²) in [5.41, 5.74) is 1.58. The predicted octanol–water partition coefficient (Wildman–Crippen LogP) is 2.37. The highest BCUT2D eigenvalue weighted by molar-refractivity contribution is 5.56. The lowest BCUT2D eigenvalue weighted by molar-refractivity contribution is 0.567. The summed E-state index contributed by atoms with van der Waals surface area (Å²) in [6, 6.07) is 8.01. The molecule has 2 aromatic rings. The topological polar surface area (TPSA) is 72.2 Å². The molecule has 7 nitrogen and oxygen atoms in total. The van der Waals surface area contributed by atoms with Gasteiger partial charge in [-0.25, -0.2) is 9.97 Å². The molecule has 0 radical (unpaired) electrons. The van der Waals surface area contributed by atoms with Crippen LogP contribution in [0.25, 0.3) is 0 Å². The Morgan fingerprint density at radius 2 is 1.59 bits per heavy atom. The highest BCUT2D eigenvalue weighted by Gasteiger charge is 2.22. The normalized spacial score (nSPS) is 17.7. The second kappa shape index (κ2) is 7.78. The number of nitriles is 1. The minimum absolute atomic E-state index is 0.642. The molecule has 7 heteroatoms. The summed E-state index contributed by atoms with van der Waals surface area (Å²) in [5.74, 6) is 2.64. The molecule has 27 heavy (non-hydrogen) atoms. The molecule has 0 spiro atoms. The fraction of sp³-hybridized carbons (Fsp3) is 0.500. The number of hydrogen-bond donors (Lipinski definition) is 0. The number of aromatic nitrogens is 3. The summed E-state index contributed by atoms with van der Waals surface area (Å²) in [5, 5.41) is 9.38. The Bertz CT molecular complexity index is 830. The number of nitrogens with zero attached hydrogens (tertiary/aromatic N) is 7. The van der Waals surface area contributed by atoms with Crippen LogP contribution in [0.1, 0.15) is 30.5 Å². The third-order valence-electron chi connectivity index (χ3n) is 5.31. The first kappa shape index (κ1) is 17.5. The van der Waals surface area contributed by atoms with E-state index >= 15 is 0 Å². The number of anilines is 3. The van der Waals surface area contributed by atoms with Crippen LogP contribution < -0.4 is 14.7 Å². The number of piperidine rings is 1. The molecule has 0 amide bonds. The predicted molar refractivity (Wildman–Crippen MR) is 106 cm³/mol. The van der Waals surface area contributed by atoms with Crippen molar-refractivity contribution in [3.8, 4) is 6.07 Å². The minimum Gasteiger partial charge on any atom is -0.353 e. The van der Waals surface area contributed by atoms with E-state index in [-0.39, 0.29) is 0 Å². The maximum absolute atomic E-state index is 9.38. The molecule has 2 aromatic heterocycles. The van der Waals surface area contributed by atoms with Crippen LogP contribution in [0, 0.1) is 18.3 Å². The Kier molecular flexibility index (Phi) is 5.05. The lowest BCUT2D eigenvalue weighted by Crippen LogP contribution is -2.47. The molecule has 0 N–H and O–H groups in total. The van der Waals surface area contributed by atoms with Gasteiger partial charge in [0.2, 0.25) is 5.95 Å². The van der Waals surface area contributed by atoms with Crippen molar-refractivity contribution >= 4 is 17.6 Å². The second-order valence-corrected chi connectivity index (χ2v) is 7.17. The van der Waals surface area contributed by atoms with E-state index in [9.17, 15) is 5.26 Å². The molecule has 140 valence electrons. The van der Waals surface area contributed by atoms with Crippen molar-refractivity contribution in [2.75, 3.05) is 54.0 Å². The van der Waals surface area contributed by atoms with E-state index in [2.05, 4.69) is 30.7 Å². The molecule has 2 saturated heterocycles. The zero-order valence-corrected chi connectivity index (χ0v) is 15.8. The minimum atomic E-state index is 0.642. The number of piperazine rings is 1. The van der Waals surface area contributed by atoms with Crippen molar-refractivity contribution in [1.29, 1.82) is 5.26 Å². The van der Waals surface area contributed by atoms with Gasteiger partial charge in [0.15, 0.2) is 0 Å². The van der Waals surface area contributed by atoms with E-state index in [0.29, 0.717) is 5.56 Å². The number of hydrogen-bond acceptors (Lipinski definition) is 7. The van der Waals surface area contributed by atoms with Gasteiger partial charge in [-0.1, -0.05) is 0 Å². The molecule has 0 bridgehead atoms. The van der Waals surface area contributed by atoms with E-state index in [0.717, 1.165) is 62.5 Å². The Balaban J connectivity index is 1.45. The molecular formula is C20H25N7. The lowest BCUT2D eigenvalue weighted by Gasteiger charge is -2.36. The maximum Gasteiger partial charge on any atom is 0.227 e. The van der Waals surface area contributed by atoms with Gasteiger partial charge in [-0.05, 0) is 44.4 Å². The molecular weight excluding hydrogens is 338 g/mol. The monoisotopic (exact) mass is 363 g/mol. The van der Waals surface area contributed by atoms with Crippen molar-refractivity contribution in [2.24, 2.45) is 0 Å². The largest absolute Gasteiger partial charge is 0.353 e. The van der Waals surface area contributed by atoms with E-state index in [1.165, 1.54) is 19.3 Å². The maximum atomic E-state index is 9.38. The highest BCUT2D eigenvalue weighted by atomic mass is 15.3. The van der Waals surface area contributed by atoms with Crippen molar-refractivity contribution in [3.05, 3.63) is 35.7 Å². The van der Waals surface area contributed by atoms with Crippen LogP contribution in [-0.4, -0.2) is 54.2 Å². The molecule has 0 aromatic carbocycles. The molecule has 0 saturated carbocycles. The average Bonchev–Trinajstić information content (AvgIpc) is 2.74. The SMILES string of the molecule is Cc1ccc(C#N)c(N2CCN(c3ccnc(N4CCCCC4)n3)CC2)n1. The first-order valence-corrected chi connectivity index (χ1v) is 9.70. The van der Waals surface area contributed by atoms with Crippen LogP contribution in [0.5, 0.6) is 0 Å². The van der Waals surface area contributed by atoms with Crippen LogP contribution in [0.2, 0.25) is 0 Å². The quantitative estimate of drug-likeness (QED) is 0.829. The smallest absolute Gasteiger partial charge is 0.227 e. The summed E-state index contributed by atoms with van der Waals surface area (Å²) < 4.78 is 0. The van der Waals surface area contributed by atoms with Crippen LogP contribution in [0.15, 0.2) is 24.4 Å². The van der Waals surface area contributed by atoms with Crippen molar-refractivity contribution < 1.29 is 0 Å². The molecule has 2 aliphatic rings. The molecule has 4 rings (SSSR count). The van der Waals surface area contributed by atoms with Gasteiger partial charge in [-0.2, -0.15) is 10.2 Å². The highest BCUT2D eigenvalue weighted by Crippen LogP contribution is 2.23. The summed E-state index contributed by atoms with van der Waals surface area (Å²) in [7, 11) is 0. The first-order valence-electron chi connectivity index (χ1n) is 9.70. The van der Waals surface area contributed by atoms with E-state index < -0.39 is 0 Å². The zero-order chi connectivity index (χ0) is 18.6. The molecule has 2 fully saturated rings. The molecule has 2 aliphatic heterocycles. The van der Waals surface area contributed by atoms with Gasteiger partial charge in [0.25, 0.3) is 0 Å². The summed E-state index contributed by atoms with van der Waals surface area (Å²) in [4.78, 5) is 20.7. The third-order valence-corrected chi connectivity index (χ3v) is 5.31. The summed E-state index contributed by atoms with van der Waals surface area (Å²) in [6.45, 7) is 7.43. The Hall–Kier alpha value is -2.88. The van der Waals surface area contributed by atoms with Gasteiger partial charge in [0.1, 0.15) is 17.7 Å². The molecule has 0 atom stereocenters. The summed E-state index contributed by atoms with van der Waals surface area (Å²) in [6.07, 6.45) is 5.61. The summed E-state index contributed by atoms with van der Waals surface area (Å²) >= 11 is 0. The van der Waals surface area contributed by atoms with E-state index in [1.807, 2.05) is 31.3 Å². The van der Waals surface area contributed by atoms with Gasteiger partial charge >= 0.3 is 0 Å². The van der Waals surface area contributed by atoms with Crippen LogP contribution in [0.4, 0.5) is 17.6 Å². The van der Waals surface area contributed by atoms with E-state index in [4.69, 9.17) is 4.98 Å². The van der Waals surface area contributed by atoms with Crippen molar-refractivity contribution in [3.63, 3.8) is 0 Å². The fourth-order valence-electron chi connectivity index (χ4n) is 3.78. The molecule has 4 heterocycles. The Morgan fingerprint density at radius 1 is 0.852 bits per heavy atom. The first-order chi connectivity index (χ1) is 13.2. The van der Waals surface area contributed by atoms with Crippen molar-refractivity contribution in [1.82, 2.24) is 15.0 Å². The van der Waals surface area contributed by atoms with Crippen LogP contribution in [0.3, 0.4) is 0 Å². The standard InChI is InChI=1S/C20H25N7/c1-16-5-6-17(15-21)19(23-16)26-13-11-25(12-14-26)18-7-8-22-20(24-18)27-9-3-2-4-10-27/h5-8H,2-4,9-14H2,1H3. The van der Waals surface area contributed by atoms with Gasteiger partial charge < -0.3 is 14.7 Å². The van der Waals surface area contributed by atoms with Crippen molar-refractivity contribution in [2.45, 2.75) is 26.2 Å². The fourth-order valence-corrected chi connectivity index (χ4v) is 3.78. The van der Waals surface area contributed by atoms with Crippen LogP contribution in [-0.2, 0) is 0 Å². The second-order valence-electron chi connectivity index (χ2n) is 7.17. The van der Waals surface area contributed by atoms with Crippen LogP contribution >= 0.6 is 0 Å². The molecule has 0 aliphatic carbocycles. The van der Waals surface area contributed by atoms with Gasteiger partial charge in [0, 0.05) is 51.2 Å². The lowest BCUT2D eigenvalue weighted by atomic mass is 10.1. The van der Waals surface area contributed by atoms with Gasteiger partial charge in [0.05, 0.1) is 5.56 Å². The molecule has 0 unspecified atom stereocenters. The van der Waals surface area contributed by atoms with Gasteiger partial charge in [-0.15, -0.1) is 0 Å². The number of pyridine rings is 1. The number of aryl methyl sites for hydroxylation is 1. The number of rotatable bonds is 3. The average molecular weight is 363 g/mol. The Morgan fingerprint density at radius 3 is 2.33 bits per heavy atom. The Labute approximate surface area is 160 Å². The zero-order valence-electron chi connectivity index (χ0n) is 15.8. The van der Waals surface area contributed by atoms with E-state index in [1.54, 1.807) is 0 Å².